The van der Waals surface area contributed by atoms with E-state index in [0.717, 1.165) is 28.8 Å². The molecule has 2 heterocycles. The lowest BCUT2D eigenvalue weighted by Crippen LogP contribution is -2.54. The Hall–Kier alpha value is -3.79. The largest absolute Gasteiger partial charge is 0.416 e. The van der Waals surface area contributed by atoms with Crippen molar-refractivity contribution in [3.63, 3.8) is 0 Å². The molecule has 174 valence electrons. The van der Waals surface area contributed by atoms with E-state index in [0.29, 0.717) is 16.9 Å². The molecular weight excluding hydrogens is 470 g/mol. The number of carbonyl (C=O) groups excluding carboxylic acids is 2. The van der Waals surface area contributed by atoms with Gasteiger partial charge in [0.25, 0.3) is 11.8 Å². The SMILES string of the molecule is Cc1cc(/C=C2\C(=O)NC(=S)N(c3cccc(C(F)(F)F)c3)C2=O)c(C)n1-c1cccc(F)c1. The number of aromatic nitrogens is 1. The molecular formula is C24H17F4N3O2S. The van der Waals surface area contributed by atoms with Crippen LogP contribution in [0.15, 0.2) is 60.2 Å². The first-order valence-electron chi connectivity index (χ1n) is 10.0. The Morgan fingerprint density at radius 1 is 0.971 bits per heavy atom. The van der Waals surface area contributed by atoms with Gasteiger partial charge in [0.2, 0.25) is 0 Å². The van der Waals surface area contributed by atoms with Crippen LogP contribution in [0.4, 0.5) is 23.2 Å². The zero-order chi connectivity index (χ0) is 24.8. The lowest BCUT2D eigenvalue weighted by Gasteiger charge is -2.29. The summed E-state index contributed by atoms with van der Waals surface area (Å²) in [5.74, 6) is -2.05. The number of anilines is 1. The lowest BCUT2D eigenvalue weighted by molar-refractivity contribution is -0.137. The van der Waals surface area contributed by atoms with Crippen molar-refractivity contribution in [1.82, 2.24) is 9.88 Å². The highest BCUT2D eigenvalue weighted by Crippen LogP contribution is 2.33. The van der Waals surface area contributed by atoms with Gasteiger partial charge in [0.05, 0.1) is 11.3 Å². The van der Waals surface area contributed by atoms with Crippen LogP contribution >= 0.6 is 12.2 Å². The summed E-state index contributed by atoms with van der Waals surface area (Å²) in [5.41, 5.74) is 1.05. The van der Waals surface area contributed by atoms with E-state index < -0.39 is 29.4 Å². The standard InChI is InChI=1S/C24H17F4N3O2S/c1-13-9-15(14(2)30(13)19-8-4-6-17(25)12-19)10-20-21(32)29-23(34)31(22(20)33)18-7-3-5-16(11-18)24(26,27)28/h3-12H,1-2H3,(H,29,32,34)/b20-10+. The van der Waals surface area contributed by atoms with E-state index in [1.165, 1.54) is 24.3 Å². The van der Waals surface area contributed by atoms with Crippen LogP contribution in [0.25, 0.3) is 11.8 Å². The number of amides is 2. The zero-order valence-corrected chi connectivity index (χ0v) is 18.7. The summed E-state index contributed by atoms with van der Waals surface area (Å²) in [4.78, 5) is 26.6. The maximum atomic E-state index is 13.7. The molecule has 0 spiro atoms. The van der Waals surface area contributed by atoms with Gasteiger partial charge in [-0.1, -0.05) is 12.1 Å². The van der Waals surface area contributed by atoms with Gasteiger partial charge < -0.3 is 4.57 Å². The Bertz CT molecular complexity index is 1370. The number of nitrogens with one attached hydrogen (secondary N) is 1. The number of benzene rings is 2. The fourth-order valence-electron chi connectivity index (χ4n) is 3.82. The second-order valence-electron chi connectivity index (χ2n) is 7.65. The van der Waals surface area contributed by atoms with Gasteiger partial charge in [-0.15, -0.1) is 0 Å². The molecule has 0 aliphatic carbocycles. The van der Waals surface area contributed by atoms with Crippen LogP contribution < -0.4 is 10.2 Å². The average molecular weight is 487 g/mol. The van der Waals surface area contributed by atoms with Crippen LogP contribution in [0.2, 0.25) is 0 Å². The summed E-state index contributed by atoms with van der Waals surface area (Å²) in [7, 11) is 0. The molecule has 0 atom stereocenters. The Morgan fingerprint density at radius 2 is 1.65 bits per heavy atom. The van der Waals surface area contributed by atoms with Gasteiger partial charge in [-0.05, 0) is 80.2 Å². The second-order valence-corrected chi connectivity index (χ2v) is 8.03. The van der Waals surface area contributed by atoms with E-state index in [2.05, 4.69) is 5.32 Å². The number of thiocarbonyl (C=S) groups is 1. The summed E-state index contributed by atoms with van der Waals surface area (Å²) in [5, 5.41) is 2.04. The van der Waals surface area contributed by atoms with E-state index >= 15 is 0 Å². The van der Waals surface area contributed by atoms with E-state index in [-0.39, 0.29) is 16.4 Å². The quantitative estimate of drug-likeness (QED) is 0.243. The van der Waals surface area contributed by atoms with Crippen molar-refractivity contribution in [2.75, 3.05) is 4.90 Å². The Balaban J connectivity index is 1.76. The molecule has 1 aromatic heterocycles. The topological polar surface area (TPSA) is 54.3 Å². The van der Waals surface area contributed by atoms with Crippen LogP contribution in [0.3, 0.4) is 0 Å². The van der Waals surface area contributed by atoms with Gasteiger partial charge in [0.15, 0.2) is 5.11 Å². The number of carbonyl (C=O) groups is 2. The molecule has 0 unspecified atom stereocenters. The average Bonchev–Trinajstić information content (AvgIpc) is 3.03. The van der Waals surface area contributed by atoms with Crippen LogP contribution in [0, 0.1) is 19.7 Å². The predicted molar refractivity (Wildman–Crippen MR) is 123 cm³/mol. The predicted octanol–water partition coefficient (Wildman–Crippen LogP) is 5.08. The third kappa shape index (κ3) is 4.24. The number of hydrogen-bond acceptors (Lipinski definition) is 3. The maximum absolute atomic E-state index is 13.7. The molecule has 34 heavy (non-hydrogen) atoms. The monoisotopic (exact) mass is 487 g/mol. The zero-order valence-electron chi connectivity index (χ0n) is 17.9. The molecule has 5 nitrogen and oxygen atoms in total. The molecule has 2 aromatic carbocycles. The highest BCUT2D eigenvalue weighted by Gasteiger charge is 2.36. The summed E-state index contributed by atoms with van der Waals surface area (Å²) < 4.78 is 55.0. The molecule has 4 rings (SSSR count). The third-order valence-electron chi connectivity index (χ3n) is 5.37. The Labute approximate surface area is 197 Å². The first-order valence-corrected chi connectivity index (χ1v) is 10.4. The van der Waals surface area contributed by atoms with Crippen LogP contribution in [0.1, 0.15) is 22.5 Å². The first-order chi connectivity index (χ1) is 16.0. The van der Waals surface area contributed by atoms with E-state index in [4.69, 9.17) is 12.2 Å². The highest BCUT2D eigenvalue weighted by molar-refractivity contribution is 7.80. The fraction of sp³-hybridized carbons (Fsp3) is 0.125. The molecule has 0 radical (unpaired) electrons. The summed E-state index contributed by atoms with van der Waals surface area (Å²) >= 11 is 5.07. The Kier molecular flexibility index (Phi) is 5.86. The third-order valence-corrected chi connectivity index (χ3v) is 5.65. The van der Waals surface area contributed by atoms with Crippen molar-refractivity contribution >= 4 is 40.9 Å². The molecule has 0 bridgehead atoms. The van der Waals surface area contributed by atoms with Crippen molar-refractivity contribution in [2.45, 2.75) is 20.0 Å². The molecule has 1 N–H and O–H groups in total. The van der Waals surface area contributed by atoms with E-state index in [1.807, 2.05) is 0 Å². The number of nitrogens with zero attached hydrogens (tertiary/aromatic N) is 2. The summed E-state index contributed by atoms with van der Waals surface area (Å²) in [6.07, 6.45) is -3.27. The van der Waals surface area contributed by atoms with Crippen LogP contribution in [-0.2, 0) is 15.8 Å². The van der Waals surface area contributed by atoms with Crippen molar-refractivity contribution in [2.24, 2.45) is 0 Å². The van der Waals surface area contributed by atoms with Gasteiger partial charge in [-0.25, -0.2) is 4.39 Å². The van der Waals surface area contributed by atoms with Crippen molar-refractivity contribution in [3.8, 4) is 5.69 Å². The molecule has 1 aliphatic heterocycles. The maximum Gasteiger partial charge on any atom is 0.416 e. The van der Waals surface area contributed by atoms with Crippen LogP contribution in [0.5, 0.6) is 0 Å². The van der Waals surface area contributed by atoms with Gasteiger partial charge >= 0.3 is 6.18 Å². The number of halogens is 4. The number of alkyl halides is 3. The minimum atomic E-state index is -4.62. The molecule has 10 heteroatoms. The van der Waals surface area contributed by atoms with Gasteiger partial charge in [-0.3, -0.25) is 19.8 Å². The van der Waals surface area contributed by atoms with Gasteiger partial charge in [0.1, 0.15) is 11.4 Å². The molecule has 1 fully saturated rings. The van der Waals surface area contributed by atoms with Crippen LogP contribution in [-0.4, -0.2) is 21.5 Å². The Morgan fingerprint density at radius 3 is 2.32 bits per heavy atom. The minimum Gasteiger partial charge on any atom is -0.318 e. The van der Waals surface area contributed by atoms with E-state index in [9.17, 15) is 27.2 Å². The molecule has 1 saturated heterocycles. The van der Waals surface area contributed by atoms with E-state index in [1.54, 1.807) is 36.6 Å². The van der Waals surface area contributed by atoms with Crippen molar-refractivity contribution < 1.29 is 27.2 Å². The second kappa shape index (κ2) is 8.53. The first kappa shape index (κ1) is 23.4. The number of hydrogen-bond donors (Lipinski definition) is 1. The molecule has 1 aliphatic rings. The molecule has 3 aromatic rings. The number of rotatable bonds is 3. The highest BCUT2D eigenvalue weighted by atomic mass is 32.1. The van der Waals surface area contributed by atoms with Crippen molar-refractivity contribution in [1.29, 1.82) is 0 Å². The van der Waals surface area contributed by atoms with Gasteiger partial charge in [-0.2, -0.15) is 13.2 Å². The normalized spacial score (nSPS) is 15.8. The van der Waals surface area contributed by atoms with Gasteiger partial charge in [0, 0.05) is 17.1 Å². The molecule has 2 amide bonds. The minimum absolute atomic E-state index is 0.124. The summed E-state index contributed by atoms with van der Waals surface area (Å²) in [6.45, 7) is 3.53. The fourth-order valence-corrected chi connectivity index (χ4v) is 4.10. The number of aryl methyl sites for hydroxylation is 1. The summed E-state index contributed by atoms with van der Waals surface area (Å²) in [6, 6.07) is 11.8. The van der Waals surface area contributed by atoms with Crippen molar-refractivity contribution in [3.05, 3.63) is 88.5 Å². The lowest BCUT2D eigenvalue weighted by atomic mass is 10.1. The smallest absolute Gasteiger partial charge is 0.318 e. The molecule has 0 saturated carbocycles.